The van der Waals surface area contributed by atoms with Crippen LogP contribution in [0, 0.1) is 0 Å². The Hall–Kier alpha value is -3.40. The molecule has 3 rings (SSSR count). The van der Waals surface area contributed by atoms with E-state index < -0.39 is 0 Å². The lowest BCUT2D eigenvalue weighted by molar-refractivity contribution is -0.118. The van der Waals surface area contributed by atoms with Gasteiger partial charge in [0.05, 0.1) is 19.0 Å². The maximum atomic E-state index is 12.8. The van der Waals surface area contributed by atoms with Crippen molar-refractivity contribution >= 4 is 35.0 Å². The highest BCUT2D eigenvalue weighted by Gasteiger charge is 2.24. The summed E-state index contributed by atoms with van der Waals surface area (Å²) in [5.41, 5.74) is 1.82. The molecule has 2 N–H and O–H groups in total. The van der Waals surface area contributed by atoms with Crippen molar-refractivity contribution in [2.75, 3.05) is 63.5 Å². The van der Waals surface area contributed by atoms with Gasteiger partial charge in [-0.25, -0.2) is 4.98 Å². The first-order valence-corrected chi connectivity index (χ1v) is 11.5. The quantitative estimate of drug-likeness (QED) is 0.578. The number of carbonyl (C=O) groups is 2. The molecule has 10 nitrogen and oxygen atoms in total. The van der Waals surface area contributed by atoms with Crippen LogP contribution in [0.1, 0.15) is 36.5 Å². The fourth-order valence-corrected chi connectivity index (χ4v) is 3.73. The second-order valence-corrected chi connectivity index (χ2v) is 8.74. The Kier molecular flexibility index (Phi) is 8.27. The lowest BCUT2D eigenvalue weighted by Crippen LogP contribution is -2.36. The standard InChI is InChI=1S/C24H35N7O3/c1-7-17(10-12-29(2)3)26-23(33)16-8-9-18(20(14-16)34-6)27-24-25-15-19-22(28-24)30(4)13-11-21(32)31(19)5/h8-9,14-15,17H,7,10-13H2,1-6H3,(H,26,33)(H,25,27,28). The highest BCUT2D eigenvalue weighted by atomic mass is 16.5. The maximum absolute atomic E-state index is 12.8. The molecule has 0 saturated carbocycles. The number of nitrogens with one attached hydrogen (secondary N) is 2. The van der Waals surface area contributed by atoms with Gasteiger partial charge in [0, 0.05) is 38.7 Å². The van der Waals surface area contributed by atoms with E-state index in [1.54, 1.807) is 43.5 Å². The number of ether oxygens (including phenoxy) is 1. The van der Waals surface area contributed by atoms with Crippen LogP contribution in [0.2, 0.25) is 0 Å². The van der Waals surface area contributed by atoms with Crippen molar-refractivity contribution in [3.8, 4) is 5.75 Å². The molecule has 1 aliphatic rings. The third-order valence-corrected chi connectivity index (χ3v) is 5.97. The zero-order valence-electron chi connectivity index (χ0n) is 20.9. The van der Waals surface area contributed by atoms with E-state index in [0.29, 0.717) is 47.4 Å². The molecular formula is C24H35N7O3. The van der Waals surface area contributed by atoms with E-state index >= 15 is 0 Å². The second kappa shape index (κ2) is 11.1. The summed E-state index contributed by atoms with van der Waals surface area (Å²) in [5, 5.41) is 6.28. The Morgan fingerprint density at radius 1 is 1.29 bits per heavy atom. The first-order chi connectivity index (χ1) is 16.2. The molecule has 0 bridgehead atoms. The van der Waals surface area contributed by atoms with Gasteiger partial charge < -0.3 is 30.1 Å². The smallest absolute Gasteiger partial charge is 0.251 e. The van der Waals surface area contributed by atoms with E-state index in [1.165, 1.54) is 0 Å². The van der Waals surface area contributed by atoms with Gasteiger partial charge in [0.15, 0.2) is 5.82 Å². The first kappa shape index (κ1) is 25.2. The molecule has 1 aromatic heterocycles. The van der Waals surface area contributed by atoms with Crippen molar-refractivity contribution in [2.45, 2.75) is 32.2 Å². The number of hydrogen-bond donors (Lipinski definition) is 2. The van der Waals surface area contributed by atoms with E-state index in [0.717, 1.165) is 19.4 Å². The average Bonchev–Trinajstić information content (AvgIpc) is 2.93. The number of nitrogens with zero attached hydrogens (tertiary/aromatic N) is 5. The second-order valence-electron chi connectivity index (χ2n) is 8.74. The van der Waals surface area contributed by atoms with Crippen LogP contribution in [0.4, 0.5) is 23.1 Å². The molecule has 0 aliphatic carbocycles. The van der Waals surface area contributed by atoms with Gasteiger partial charge in [-0.05, 0) is 51.7 Å². The van der Waals surface area contributed by atoms with Gasteiger partial charge >= 0.3 is 0 Å². The Morgan fingerprint density at radius 3 is 2.74 bits per heavy atom. The van der Waals surface area contributed by atoms with Gasteiger partial charge in [-0.2, -0.15) is 4.98 Å². The number of aromatic nitrogens is 2. The maximum Gasteiger partial charge on any atom is 0.251 e. The van der Waals surface area contributed by atoms with Crippen molar-refractivity contribution in [2.24, 2.45) is 0 Å². The first-order valence-electron chi connectivity index (χ1n) is 11.5. The largest absolute Gasteiger partial charge is 0.495 e. The molecule has 2 heterocycles. The number of benzene rings is 1. The van der Waals surface area contributed by atoms with Crippen LogP contribution < -0.4 is 25.2 Å². The monoisotopic (exact) mass is 469 g/mol. The zero-order chi connectivity index (χ0) is 24.8. The third-order valence-electron chi connectivity index (χ3n) is 5.97. The molecule has 1 aromatic carbocycles. The van der Waals surface area contributed by atoms with Crippen molar-refractivity contribution in [3.63, 3.8) is 0 Å². The minimum Gasteiger partial charge on any atom is -0.495 e. The fraction of sp³-hybridized carbons (Fsp3) is 0.500. The molecule has 34 heavy (non-hydrogen) atoms. The Bertz CT molecular complexity index is 1030. The van der Waals surface area contributed by atoms with Crippen molar-refractivity contribution in [3.05, 3.63) is 30.0 Å². The number of anilines is 4. The third kappa shape index (κ3) is 5.93. The predicted molar refractivity (Wildman–Crippen MR) is 134 cm³/mol. The van der Waals surface area contributed by atoms with Crippen LogP contribution in [0.3, 0.4) is 0 Å². The number of hydrogen-bond acceptors (Lipinski definition) is 8. The van der Waals surface area contributed by atoms with Crippen LogP contribution in [-0.2, 0) is 4.79 Å². The summed E-state index contributed by atoms with van der Waals surface area (Å²) in [6.07, 6.45) is 3.80. The van der Waals surface area contributed by atoms with Crippen LogP contribution >= 0.6 is 0 Å². The summed E-state index contributed by atoms with van der Waals surface area (Å²) in [6.45, 7) is 3.55. The lowest BCUT2D eigenvalue weighted by Gasteiger charge is -2.21. The van der Waals surface area contributed by atoms with Gasteiger partial charge in [0.25, 0.3) is 5.91 Å². The zero-order valence-corrected chi connectivity index (χ0v) is 20.9. The molecule has 1 atom stereocenters. The van der Waals surface area contributed by atoms with Gasteiger partial charge in [-0.15, -0.1) is 0 Å². The number of fused-ring (bicyclic) bond motifs is 1. The van der Waals surface area contributed by atoms with Crippen LogP contribution in [0.15, 0.2) is 24.4 Å². The van der Waals surface area contributed by atoms with E-state index in [1.807, 2.05) is 26.0 Å². The van der Waals surface area contributed by atoms with E-state index in [9.17, 15) is 9.59 Å². The van der Waals surface area contributed by atoms with Gasteiger partial charge in [-0.1, -0.05) is 6.92 Å². The normalized spacial score (nSPS) is 14.5. The molecular weight excluding hydrogens is 434 g/mol. The predicted octanol–water partition coefficient (Wildman–Crippen LogP) is 2.49. The summed E-state index contributed by atoms with van der Waals surface area (Å²) in [5.74, 6) is 1.44. The van der Waals surface area contributed by atoms with Gasteiger partial charge in [0.1, 0.15) is 11.4 Å². The average molecular weight is 470 g/mol. The van der Waals surface area contributed by atoms with E-state index in [-0.39, 0.29) is 17.9 Å². The lowest BCUT2D eigenvalue weighted by atomic mass is 10.1. The molecule has 0 radical (unpaired) electrons. The molecule has 0 saturated heterocycles. The number of carbonyl (C=O) groups excluding carboxylic acids is 2. The fourth-order valence-electron chi connectivity index (χ4n) is 3.73. The topological polar surface area (TPSA) is 103 Å². The SMILES string of the molecule is CCC(CCN(C)C)NC(=O)c1ccc(Nc2ncc3c(n2)N(C)CCC(=O)N3C)c(OC)c1. The van der Waals surface area contributed by atoms with Crippen molar-refractivity contribution < 1.29 is 14.3 Å². The molecule has 0 fully saturated rings. The highest BCUT2D eigenvalue weighted by Crippen LogP contribution is 2.32. The number of methoxy groups -OCH3 is 1. The summed E-state index contributed by atoms with van der Waals surface area (Å²) in [4.78, 5) is 39.7. The van der Waals surface area contributed by atoms with E-state index in [2.05, 4.69) is 32.4 Å². The summed E-state index contributed by atoms with van der Waals surface area (Å²) in [7, 11) is 9.23. The van der Waals surface area contributed by atoms with Gasteiger partial charge in [-0.3, -0.25) is 9.59 Å². The van der Waals surface area contributed by atoms with Crippen LogP contribution in [-0.4, -0.2) is 81.1 Å². The molecule has 2 amide bonds. The number of rotatable bonds is 9. The van der Waals surface area contributed by atoms with Crippen LogP contribution in [0.25, 0.3) is 0 Å². The number of amides is 2. The Morgan fingerprint density at radius 2 is 2.06 bits per heavy atom. The Labute approximate surface area is 201 Å². The van der Waals surface area contributed by atoms with E-state index in [4.69, 9.17) is 4.74 Å². The molecule has 1 aliphatic heterocycles. The molecule has 10 heteroatoms. The summed E-state index contributed by atoms with van der Waals surface area (Å²) in [6, 6.07) is 5.34. The minimum atomic E-state index is -0.133. The summed E-state index contributed by atoms with van der Waals surface area (Å²) >= 11 is 0. The molecule has 1 unspecified atom stereocenters. The highest BCUT2D eigenvalue weighted by molar-refractivity contribution is 5.97. The molecule has 0 spiro atoms. The van der Waals surface area contributed by atoms with Crippen LogP contribution in [0.5, 0.6) is 5.75 Å². The molecule has 2 aromatic rings. The molecule has 184 valence electrons. The summed E-state index contributed by atoms with van der Waals surface area (Å²) < 4.78 is 5.54. The Balaban J connectivity index is 1.78. The van der Waals surface area contributed by atoms with Gasteiger partial charge in [0.2, 0.25) is 11.9 Å². The van der Waals surface area contributed by atoms with Crippen molar-refractivity contribution in [1.82, 2.24) is 20.2 Å². The van der Waals surface area contributed by atoms with Crippen molar-refractivity contribution in [1.29, 1.82) is 0 Å². The minimum absolute atomic E-state index is 0.0254.